The molecule has 1 atom stereocenters. The maximum absolute atomic E-state index is 12.1. The van der Waals surface area contributed by atoms with E-state index in [1.54, 1.807) is 0 Å². The summed E-state index contributed by atoms with van der Waals surface area (Å²) in [6.45, 7) is 6.09. The minimum atomic E-state index is -0.273. The van der Waals surface area contributed by atoms with Crippen LogP contribution in [0.1, 0.15) is 24.0 Å². The number of anilines is 1. The number of hydrogen-bond acceptors (Lipinski definition) is 4. The third-order valence-corrected chi connectivity index (χ3v) is 5.22. The number of carbonyl (C=O) groups is 1. The molecule has 1 N–H and O–H groups in total. The summed E-state index contributed by atoms with van der Waals surface area (Å²) < 4.78 is 5.43. The van der Waals surface area contributed by atoms with Gasteiger partial charge in [-0.25, -0.2) is 0 Å². The molecule has 22 heavy (non-hydrogen) atoms. The molecule has 1 aromatic carbocycles. The van der Waals surface area contributed by atoms with Crippen LogP contribution in [0, 0.1) is 6.92 Å². The summed E-state index contributed by atoms with van der Waals surface area (Å²) in [6, 6.07) is 6.34. The van der Waals surface area contributed by atoms with Gasteiger partial charge in [0.25, 0.3) is 5.91 Å². The molecule has 2 fully saturated rings. The number of aryl methyl sites for hydroxylation is 1. The van der Waals surface area contributed by atoms with Crippen LogP contribution in [0.5, 0.6) is 0 Å². The van der Waals surface area contributed by atoms with Crippen molar-refractivity contribution in [2.75, 3.05) is 36.5 Å². The van der Waals surface area contributed by atoms with Crippen molar-refractivity contribution in [1.82, 2.24) is 4.90 Å². The van der Waals surface area contributed by atoms with E-state index in [0.29, 0.717) is 6.61 Å². The molecule has 2 aliphatic heterocycles. The van der Waals surface area contributed by atoms with Gasteiger partial charge in [-0.3, -0.25) is 9.69 Å². The minimum absolute atomic E-state index is 0.0126. The first kappa shape index (κ1) is 15.8. The first-order valence-corrected chi connectivity index (χ1v) is 9.20. The van der Waals surface area contributed by atoms with Gasteiger partial charge in [0.05, 0.1) is 0 Å². The second-order valence-corrected chi connectivity index (χ2v) is 7.25. The van der Waals surface area contributed by atoms with E-state index in [9.17, 15) is 4.79 Å². The van der Waals surface area contributed by atoms with Crippen LogP contribution in [-0.4, -0.2) is 48.1 Å². The van der Waals surface area contributed by atoms with Crippen LogP contribution < -0.4 is 5.32 Å². The van der Waals surface area contributed by atoms with Crippen LogP contribution in [-0.2, 0) is 16.1 Å². The molecule has 0 unspecified atom stereocenters. The maximum atomic E-state index is 12.1. The number of thioether (sulfide) groups is 1. The van der Waals surface area contributed by atoms with Crippen LogP contribution >= 0.6 is 11.8 Å². The molecule has 0 radical (unpaired) electrons. The summed E-state index contributed by atoms with van der Waals surface area (Å²) >= 11 is 2.03. The molecule has 3 rings (SSSR count). The van der Waals surface area contributed by atoms with Gasteiger partial charge in [0.15, 0.2) is 0 Å². The largest absolute Gasteiger partial charge is 0.368 e. The Morgan fingerprint density at radius 2 is 2.23 bits per heavy atom. The number of nitrogens with one attached hydrogen (secondary N) is 1. The molecule has 0 spiro atoms. The number of benzene rings is 1. The Morgan fingerprint density at radius 3 is 2.91 bits per heavy atom. The van der Waals surface area contributed by atoms with E-state index in [4.69, 9.17) is 4.74 Å². The smallest absolute Gasteiger partial charge is 0.253 e. The van der Waals surface area contributed by atoms with E-state index < -0.39 is 0 Å². The maximum Gasteiger partial charge on any atom is 0.253 e. The highest BCUT2D eigenvalue weighted by Gasteiger charge is 2.23. The van der Waals surface area contributed by atoms with Crippen LogP contribution in [0.3, 0.4) is 0 Å². The second kappa shape index (κ2) is 7.49. The number of ether oxygens (including phenoxy) is 1. The van der Waals surface area contributed by atoms with Gasteiger partial charge in [0, 0.05) is 43.4 Å². The molecule has 2 aliphatic rings. The fourth-order valence-electron chi connectivity index (χ4n) is 2.98. The molecule has 2 saturated heterocycles. The molecular weight excluding hydrogens is 296 g/mol. The standard InChI is InChI=1S/C17H24N2O2S/c1-13-11-14(12-19-6-9-22-10-7-19)4-5-15(13)18-17(20)16-3-2-8-21-16/h4-5,11,16H,2-3,6-10,12H2,1H3,(H,18,20)/t16-/m1/s1. The summed E-state index contributed by atoms with van der Waals surface area (Å²) in [5.41, 5.74) is 3.34. The van der Waals surface area contributed by atoms with Crippen molar-refractivity contribution in [1.29, 1.82) is 0 Å². The molecule has 0 aromatic heterocycles. The van der Waals surface area contributed by atoms with Crippen molar-refractivity contribution in [3.63, 3.8) is 0 Å². The molecule has 1 aromatic rings. The second-order valence-electron chi connectivity index (χ2n) is 6.03. The number of nitrogens with zero attached hydrogens (tertiary/aromatic N) is 1. The van der Waals surface area contributed by atoms with E-state index >= 15 is 0 Å². The Hall–Kier alpha value is -1.04. The van der Waals surface area contributed by atoms with Crippen LogP contribution in [0.25, 0.3) is 0 Å². The highest BCUT2D eigenvalue weighted by molar-refractivity contribution is 7.99. The summed E-state index contributed by atoms with van der Waals surface area (Å²) in [5, 5.41) is 3.00. The van der Waals surface area contributed by atoms with Crippen LogP contribution in [0.15, 0.2) is 18.2 Å². The van der Waals surface area contributed by atoms with Gasteiger partial charge in [-0.1, -0.05) is 12.1 Å². The fourth-order valence-corrected chi connectivity index (χ4v) is 3.96. The first-order chi connectivity index (χ1) is 10.7. The Kier molecular flexibility index (Phi) is 5.39. The molecule has 0 saturated carbocycles. The predicted octanol–water partition coefficient (Wildman–Crippen LogP) is 2.66. The lowest BCUT2D eigenvalue weighted by Crippen LogP contribution is -2.32. The van der Waals surface area contributed by atoms with E-state index in [2.05, 4.69) is 29.3 Å². The normalized spacial score (nSPS) is 22.7. The van der Waals surface area contributed by atoms with Gasteiger partial charge in [-0.15, -0.1) is 0 Å². The summed E-state index contributed by atoms with van der Waals surface area (Å²) in [7, 11) is 0. The average Bonchev–Trinajstić information content (AvgIpc) is 3.05. The van der Waals surface area contributed by atoms with E-state index in [1.165, 1.54) is 30.2 Å². The zero-order valence-corrected chi connectivity index (χ0v) is 14.0. The molecule has 4 nitrogen and oxygen atoms in total. The van der Waals surface area contributed by atoms with Crippen molar-refractivity contribution >= 4 is 23.4 Å². The quantitative estimate of drug-likeness (QED) is 0.926. The molecule has 2 heterocycles. The van der Waals surface area contributed by atoms with Crippen molar-refractivity contribution in [3.05, 3.63) is 29.3 Å². The highest BCUT2D eigenvalue weighted by Crippen LogP contribution is 2.21. The van der Waals surface area contributed by atoms with Crippen LogP contribution in [0.2, 0.25) is 0 Å². The SMILES string of the molecule is Cc1cc(CN2CCSCC2)ccc1NC(=O)[C@H]1CCCO1. The van der Waals surface area contributed by atoms with E-state index in [0.717, 1.165) is 30.6 Å². The van der Waals surface area contributed by atoms with Crippen molar-refractivity contribution in [3.8, 4) is 0 Å². The predicted molar refractivity (Wildman–Crippen MR) is 91.4 cm³/mol. The number of carbonyl (C=O) groups excluding carboxylic acids is 1. The van der Waals surface area contributed by atoms with E-state index in [1.807, 2.05) is 17.8 Å². The number of amides is 1. The molecule has 0 aliphatic carbocycles. The fraction of sp³-hybridized carbons (Fsp3) is 0.588. The summed E-state index contributed by atoms with van der Waals surface area (Å²) in [6.07, 6.45) is 1.53. The Morgan fingerprint density at radius 1 is 1.41 bits per heavy atom. The zero-order chi connectivity index (χ0) is 15.4. The van der Waals surface area contributed by atoms with Crippen LogP contribution in [0.4, 0.5) is 5.69 Å². The third kappa shape index (κ3) is 4.03. The first-order valence-electron chi connectivity index (χ1n) is 8.04. The van der Waals surface area contributed by atoms with Gasteiger partial charge in [-0.05, 0) is 37.0 Å². The number of rotatable bonds is 4. The lowest BCUT2D eigenvalue weighted by molar-refractivity contribution is -0.124. The van der Waals surface area contributed by atoms with Gasteiger partial charge in [-0.2, -0.15) is 11.8 Å². The van der Waals surface area contributed by atoms with Gasteiger partial charge in [0.2, 0.25) is 0 Å². The molecule has 0 bridgehead atoms. The third-order valence-electron chi connectivity index (χ3n) is 4.28. The Bertz CT molecular complexity index is 523. The molecule has 1 amide bonds. The highest BCUT2D eigenvalue weighted by atomic mass is 32.2. The van der Waals surface area contributed by atoms with Gasteiger partial charge < -0.3 is 10.1 Å². The van der Waals surface area contributed by atoms with Crippen molar-refractivity contribution in [2.24, 2.45) is 0 Å². The van der Waals surface area contributed by atoms with Gasteiger partial charge >= 0.3 is 0 Å². The van der Waals surface area contributed by atoms with E-state index in [-0.39, 0.29) is 12.0 Å². The monoisotopic (exact) mass is 320 g/mol. The average molecular weight is 320 g/mol. The zero-order valence-electron chi connectivity index (χ0n) is 13.1. The Labute approximate surface area is 136 Å². The molecule has 120 valence electrons. The topological polar surface area (TPSA) is 41.6 Å². The lowest BCUT2D eigenvalue weighted by atomic mass is 10.1. The van der Waals surface area contributed by atoms with Crippen molar-refractivity contribution < 1.29 is 9.53 Å². The lowest BCUT2D eigenvalue weighted by Gasteiger charge is -2.26. The minimum Gasteiger partial charge on any atom is -0.368 e. The summed E-state index contributed by atoms with van der Waals surface area (Å²) in [4.78, 5) is 14.6. The molecule has 5 heteroatoms. The Balaban J connectivity index is 1.60. The number of hydrogen-bond donors (Lipinski definition) is 1. The van der Waals surface area contributed by atoms with Gasteiger partial charge in [0.1, 0.15) is 6.10 Å². The molecular formula is C17H24N2O2S. The van der Waals surface area contributed by atoms with Crippen molar-refractivity contribution in [2.45, 2.75) is 32.4 Å². The summed E-state index contributed by atoms with van der Waals surface area (Å²) in [5.74, 6) is 2.45.